The van der Waals surface area contributed by atoms with Crippen molar-refractivity contribution in [3.63, 3.8) is 0 Å². The molecule has 0 unspecified atom stereocenters. The number of rotatable bonds is 4. The number of aromatic nitrogens is 2. The van der Waals surface area contributed by atoms with E-state index in [4.69, 9.17) is 4.74 Å². The Kier molecular flexibility index (Phi) is 3.97. The summed E-state index contributed by atoms with van der Waals surface area (Å²) in [4.78, 5) is 11.9. The standard InChI is InChI=1S/C14H16N2O3/c1-3-19-14(18)13-10(2)15-16(12(13)9-17)11-7-5-4-6-8-11/h4-8,17H,3,9H2,1-2H3. The monoisotopic (exact) mass is 260 g/mol. The molecular weight excluding hydrogens is 244 g/mol. The molecule has 1 N–H and O–H groups in total. The van der Waals surface area contributed by atoms with E-state index >= 15 is 0 Å². The molecule has 0 radical (unpaired) electrons. The minimum absolute atomic E-state index is 0.274. The highest BCUT2D eigenvalue weighted by Gasteiger charge is 2.22. The molecule has 2 rings (SSSR count). The fourth-order valence-corrected chi connectivity index (χ4v) is 1.97. The van der Waals surface area contributed by atoms with Gasteiger partial charge in [-0.1, -0.05) is 18.2 Å². The van der Waals surface area contributed by atoms with E-state index in [0.29, 0.717) is 23.6 Å². The lowest BCUT2D eigenvalue weighted by Gasteiger charge is -2.06. The van der Waals surface area contributed by atoms with E-state index in [1.54, 1.807) is 18.5 Å². The second kappa shape index (κ2) is 5.67. The van der Waals surface area contributed by atoms with Gasteiger partial charge in [0.05, 0.1) is 30.3 Å². The molecule has 5 heteroatoms. The molecule has 0 spiro atoms. The van der Waals surface area contributed by atoms with Gasteiger partial charge in [-0.2, -0.15) is 5.10 Å². The van der Waals surface area contributed by atoms with Gasteiger partial charge in [-0.15, -0.1) is 0 Å². The first-order chi connectivity index (χ1) is 9.19. The maximum Gasteiger partial charge on any atom is 0.342 e. The smallest absolute Gasteiger partial charge is 0.342 e. The lowest BCUT2D eigenvalue weighted by molar-refractivity contribution is 0.0522. The Morgan fingerprint density at radius 1 is 1.37 bits per heavy atom. The van der Waals surface area contributed by atoms with Crippen molar-refractivity contribution in [3.8, 4) is 5.69 Å². The van der Waals surface area contributed by atoms with Crippen LogP contribution in [0.4, 0.5) is 0 Å². The van der Waals surface area contributed by atoms with Crippen LogP contribution in [0.15, 0.2) is 30.3 Å². The van der Waals surface area contributed by atoms with Crippen LogP contribution in [0.25, 0.3) is 5.69 Å². The largest absolute Gasteiger partial charge is 0.462 e. The van der Waals surface area contributed by atoms with E-state index in [2.05, 4.69) is 5.10 Å². The Bertz CT molecular complexity index is 576. The molecule has 5 nitrogen and oxygen atoms in total. The average Bonchev–Trinajstić information content (AvgIpc) is 2.76. The van der Waals surface area contributed by atoms with Crippen molar-refractivity contribution >= 4 is 5.97 Å². The quantitative estimate of drug-likeness (QED) is 0.852. The first-order valence-corrected chi connectivity index (χ1v) is 6.11. The summed E-state index contributed by atoms with van der Waals surface area (Å²) in [6.45, 7) is 3.49. The summed E-state index contributed by atoms with van der Waals surface area (Å²) in [6, 6.07) is 9.36. The lowest BCUT2D eigenvalue weighted by atomic mass is 10.2. The van der Waals surface area contributed by atoms with Crippen molar-refractivity contribution < 1.29 is 14.6 Å². The van der Waals surface area contributed by atoms with E-state index < -0.39 is 5.97 Å². The van der Waals surface area contributed by atoms with Crippen LogP contribution >= 0.6 is 0 Å². The van der Waals surface area contributed by atoms with Gasteiger partial charge in [0.1, 0.15) is 5.56 Å². The maximum atomic E-state index is 11.9. The highest BCUT2D eigenvalue weighted by Crippen LogP contribution is 2.19. The van der Waals surface area contributed by atoms with Gasteiger partial charge in [-0.05, 0) is 26.0 Å². The molecule has 0 saturated heterocycles. The zero-order valence-electron chi connectivity index (χ0n) is 11.0. The number of hydrogen-bond donors (Lipinski definition) is 1. The molecule has 1 aromatic carbocycles. The molecule has 0 aliphatic heterocycles. The van der Waals surface area contributed by atoms with Gasteiger partial charge >= 0.3 is 5.97 Å². The van der Waals surface area contributed by atoms with Gasteiger partial charge < -0.3 is 9.84 Å². The lowest BCUT2D eigenvalue weighted by Crippen LogP contribution is -2.10. The van der Waals surface area contributed by atoms with E-state index in [0.717, 1.165) is 5.69 Å². The molecule has 2 aromatic rings. The summed E-state index contributed by atoms with van der Waals surface area (Å²) in [6.07, 6.45) is 0. The first kappa shape index (κ1) is 13.3. The van der Waals surface area contributed by atoms with E-state index in [1.807, 2.05) is 30.3 Å². The zero-order valence-corrected chi connectivity index (χ0v) is 11.0. The fraction of sp³-hybridized carbons (Fsp3) is 0.286. The Morgan fingerprint density at radius 2 is 2.05 bits per heavy atom. The number of para-hydroxylation sites is 1. The molecule has 0 saturated carbocycles. The van der Waals surface area contributed by atoms with Gasteiger partial charge in [0, 0.05) is 0 Å². The third kappa shape index (κ3) is 2.51. The van der Waals surface area contributed by atoms with Crippen LogP contribution in [0, 0.1) is 6.92 Å². The SMILES string of the molecule is CCOC(=O)c1c(C)nn(-c2ccccc2)c1CO. The van der Waals surface area contributed by atoms with Crippen molar-refractivity contribution in [2.24, 2.45) is 0 Å². The third-order valence-electron chi connectivity index (χ3n) is 2.79. The average molecular weight is 260 g/mol. The number of aryl methyl sites for hydroxylation is 1. The van der Waals surface area contributed by atoms with E-state index in [1.165, 1.54) is 0 Å². The van der Waals surface area contributed by atoms with Crippen LogP contribution in [0.3, 0.4) is 0 Å². The Hall–Kier alpha value is -2.14. The second-order valence-electron chi connectivity index (χ2n) is 4.03. The van der Waals surface area contributed by atoms with Crippen LogP contribution in [-0.2, 0) is 11.3 Å². The van der Waals surface area contributed by atoms with Gasteiger partial charge in [-0.25, -0.2) is 9.48 Å². The van der Waals surface area contributed by atoms with Gasteiger partial charge in [0.2, 0.25) is 0 Å². The fourth-order valence-electron chi connectivity index (χ4n) is 1.97. The number of aliphatic hydroxyl groups excluding tert-OH is 1. The number of benzene rings is 1. The molecule has 19 heavy (non-hydrogen) atoms. The molecule has 0 aliphatic rings. The number of aliphatic hydroxyl groups is 1. The van der Waals surface area contributed by atoms with Gasteiger partial charge in [0.15, 0.2) is 0 Å². The second-order valence-corrected chi connectivity index (χ2v) is 4.03. The van der Waals surface area contributed by atoms with E-state index in [9.17, 15) is 9.90 Å². The number of nitrogens with zero attached hydrogens (tertiary/aromatic N) is 2. The number of hydrogen-bond acceptors (Lipinski definition) is 4. The van der Waals surface area contributed by atoms with Crippen molar-refractivity contribution in [1.29, 1.82) is 0 Å². The number of esters is 1. The highest BCUT2D eigenvalue weighted by atomic mass is 16.5. The molecule has 0 fully saturated rings. The van der Waals surface area contributed by atoms with E-state index in [-0.39, 0.29) is 6.61 Å². The molecular formula is C14H16N2O3. The van der Waals surface area contributed by atoms with Crippen LogP contribution in [-0.4, -0.2) is 27.5 Å². The summed E-state index contributed by atoms with van der Waals surface area (Å²) < 4.78 is 6.57. The van der Waals surface area contributed by atoms with Gasteiger partial charge in [0.25, 0.3) is 0 Å². The third-order valence-corrected chi connectivity index (χ3v) is 2.79. The van der Waals surface area contributed by atoms with Crippen molar-refractivity contribution in [1.82, 2.24) is 9.78 Å². The molecule has 0 amide bonds. The normalized spacial score (nSPS) is 10.5. The van der Waals surface area contributed by atoms with Crippen LogP contribution in [0.1, 0.15) is 28.7 Å². The summed E-state index contributed by atoms with van der Waals surface area (Å²) in [5, 5.41) is 13.8. The molecule has 0 bridgehead atoms. The molecule has 0 atom stereocenters. The summed E-state index contributed by atoms with van der Waals surface area (Å²) in [5.74, 6) is -0.453. The maximum absolute atomic E-state index is 11.9. The Balaban J connectivity index is 2.53. The number of carbonyl (C=O) groups is 1. The predicted octanol–water partition coefficient (Wildman–Crippen LogP) is 1.85. The Labute approximate surface area is 111 Å². The van der Waals surface area contributed by atoms with Crippen molar-refractivity contribution in [3.05, 3.63) is 47.3 Å². The minimum atomic E-state index is -0.453. The first-order valence-electron chi connectivity index (χ1n) is 6.11. The Morgan fingerprint density at radius 3 is 2.63 bits per heavy atom. The number of ether oxygens (including phenoxy) is 1. The molecule has 1 aromatic heterocycles. The summed E-state index contributed by atoms with van der Waals surface area (Å²) in [5.41, 5.74) is 2.13. The molecule has 100 valence electrons. The topological polar surface area (TPSA) is 64.3 Å². The van der Waals surface area contributed by atoms with Crippen LogP contribution in [0.2, 0.25) is 0 Å². The van der Waals surface area contributed by atoms with Crippen molar-refractivity contribution in [2.45, 2.75) is 20.5 Å². The molecule has 1 heterocycles. The zero-order chi connectivity index (χ0) is 13.8. The van der Waals surface area contributed by atoms with Gasteiger partial charge in [-0.3, -0.25) is 0 Å². The van der Waals surface area contributed by atoms with Crippen molar-refractivity contribution in [2.75, 3.05) is 6.61 Å². The summed E-state index contributed by atoms with van der Waals surface area (Å²) >= 11 is 0. The highest BCUT2D eigenvalue weighted by molar-refractivity contribution is 5.92. The minimum Gasteiger partial charge on any atom is -0.462 e. The summed E-state index contributed by atoms with van der Waals surface area (Å²) in [7, 11) is 0. The van der Waals surface area contributed by atoms with Crippen LogP contribution < -0.4 is 0 Å². The number of carbonyl (C=O) groups excluding carboxylic acids is 1. The predicted molar refractivity (Wildman–Crippen MR) is 70.2 cm³/mol. The van der Waals surface area contributed by atoms with Crippen LogP contribution in [0.5, 0.6) is 0 Å². The molecule has 0 aliphatic carbocycles.